The van der Waals surface area contributed by atoms with Gasteiger partial charge in [-0.05, 0) is 62.5 Å². The number of piperidine rings is 1. The minimum Gasteiger partial charge on any atom is -0.317 e. The second-order valence-electron chi connectivity index (χ2n) is 6.13. The van der Waals surface area contributed by atoms with Crippen molar-refractivity contribution in [1.82, 2.24) is 19.7 Å². The van der Waals surface area contributed by atoms with E-state index < -0.39 is 0 Å². The molecule has 4 heterocycles. The number of hydrogen-bond donors (Lipinski definition) is 1. The third kappa shape index (κ3) is 3.09. The molecule has 4 nitrogen and oxygen atoms in total. The van der Waals surface area contributed by atoms with Crippen LogP contribution in [0, 0.1) is 5.92 Å². The maximum Gasteiger partial charge on any atom is 0.137 e. The van der Waals surface area contributed by atoms with E-state index in [1.54, 1.807) is 0 Å². The van der Waals surface area contributed by atoms with Gasteiger partial charge in [-0.15, -0.1) is 0 Å². The molecule has 0 aromatic carbocycles. The van der Waals surface area contributed by atoms with Crippen molar-refractivity contribution in [1.29, 1.82) is 0 Å². The fourth-order valence-corrected chi connectivity index (χ4v) is 3.42. The molecule has 0 bridgehead atoms. The monoisotopic (exact) mass is 326 g/mol. The zero-order chi connectivity index (χ0) is 15.6. The number of imidazole rings is 1. The fourth-order valence-electron chi connectivity index (χ4n) is 3.26. The Morgan fingerprint density at radius 2 is 2.04 bits per heavy atom. The molecule has 118 valence electrons. The van der Waals surface area contributed by atoms with Crippen LogP contribution in [0.5, 0.6) is 0 Å². The maximum absolute atomic E-state index is 6.12. The molecule has 23 heavy (non-hydrogen) atoms. The summed E-state index contributed by atoms with van der Waals surface area (Å²) in [6.07, 6.45) is 7.27. The highest BCUT2D eigenvalue weighted by Crippen LogP contribution is 2.23. The number of rotatable bonds is 3. The quantitative estimate of drug-likeness (QED) is 0.799. The number of nitrogens with zero attached hydrogens (tertiary/aromatic N) is 3. The van der Waals surface area contributed by atoms with Crippen LogP contribution in [-0.2, 0) is 6.42 Å². The van der Waals surface area contributed by atoms with E-state index in [1.807, 2.05) is 35.0 Å². The smallest absolute Gasteiger partial charge is 0.137 e. The Morgan fingerprint density at radius 3 is 2.91 bits per heavy atom. The van der Waals surface area contributed by atoms with E-state index in [9.17, 15) is 0 Å². The predicted octanol–water partition coefficient (Wildman–Crippen LogP) is 3.59. The van der Waals surface area contributed by atoms with Crippen molar-refractivity contribution >= 4 is 17.2 Å². The number of fused-ring (bicyclic) bond motifs is 1. The first-order valence-electron chi connectivity index (χ1n) is 8.09. The van der Waals surface area contributed by atoms with Gasteiger partial charge in [-0.3, -0.25) is 9.38 Å². The molecule has 1 saturated heterocycles. The fraction of sp³-hybridized carbons (Fsp3) is 0.333. The minimum atomic E-state index is 0.697. The second-order valence-corrected chi connectivity index (χ2v) is 6.57. The van der Waals surface area contributed by atoms with Crippen molar-refractivity contribution in [2.24, 2.45) is 5.92 Å². The zero-order valence-corrected chi connectivity index (χ0v) is 13.6. The standard InChI is InChI=1S/C18H19ClN4/c19-14-4-5-18-21-11-17(23(18)12-14)16-3-1-2-15(22-16)10-13-6-8-20-9-7-13/h1-5,11-13,20H,6-10H2. The van der Waals surface area contributed by atoms with E-state index in [1.165, 1.54) is 12.8 Å². The largest absolute Gasteiger partial charge is 0.317 e. The average Bonchev–Trinajstić information content (AvgIpc) is 2.99. The lowest BCUT2D eigenvalue weighted by atomic mass is 9.93. The van der Waals surface area contributed by atoms with E-state index in [0.29, 0.717) is 5.02 Å². The van der Waals surface area contributed by atoms with Gasteiger partial charge in [0.05, 0.1) is 22.6 Å². The Morgan fingerprint density at radius 1 is 1.17 bits per heavy atom. The molecule has 3 aromatic heterocycles. The van der Waals surface area contributed by atoms with Gasteiger partial charge in [0.2, 0.25) is 0 Å². The first-order chi connectivity index (χ1) is 11.3. The van der Waals surface area contributed by atoms with Gasteiger partial charge in [-0.1, -0.05) is 17.7 Å². The number of nitrogens with one attached hydrogen (secondary N) is 1. The van der Waals surface area contributed by atoms with Gasteiger partial charge in [0.1, 0.15) is 5.65 Å². The van der Waals surface area contributed by atoms with Crippen LogP contribution in [0.2, 0.25) is 5.02 Å². The van der Waals surface area contributed by atoms with E-state index in [-0.39, 0.29) is 0 Å². The van der Waals surface area contributed by atoms with Crippen molar-refractivity contribution in [3.8, 4) is 11.4 Å². The topological polar surface area (TPSA) is 42.2 Å². The van der Waals surface area contributed by atoms with Crippen LogP contribution >= 0.6 is 11.6 Å². The van der Waals surface area contributed by atoms with Crippen molar-refractivity contribution in [2.45, 2.75) is 19.3 Å². The molecule has 0 aliphatic carbocycles. The van der Waals surface area contributed by atoms with Crippen LogP contribution < -0.4 is 5.32 Å². The van der Waals surface area contributed by atoms with Crippen LogP contribution in [0.25, 0.3) is 17.0 Å². The van der Waals surface area contributed by atoms with Crippen LogP contribution in [0.15, 0.2) is 42.7 Å². The number of aromatic nitrogens is 3. The third-order valence-electron chi connectivity index (χ3n) is 4.50. The summed E-state index contributed by atoms with van der Waals surface area (Å²) in [6.45, 7) is 2.24. The highest BCUT2D eigenvalue weighted by molar-refractivity contribution is 6.30. The van der Waals surface area contributed by atoms with Gasteiger partial charge in [0, 0.05) is 11.9 Å². The highest BCUT2D eigenvalue weighted by Gasteiger charge is 2.15. The van der Waals surface area contributed by atoms with Crippen LogP contribution in [-0.4, -0.2) is 27.5 Å². The molecule has 5 heteroatoms. The van der Waals surface area contributed by atoms with E-state index in [2.05, 4.69) is 22.4 Å². The zero-order valence-electron chi connectivity index (χ0n) is 12.9. The van der Waals surface area contributed by atoms with Gasteiger partial charge < -0.3 is 5.32 Å². The van der Waals surface area contributed by atoms with E-state index >= 15 is 0 Å². The molecule has 3 aromatic rings. The number of pyridine rings is 2. The third-order valence-corrected chi connectivity index (χ3v) is 4.72. The van der Waals surface area contributed by atoms with Crippen LogP contribution in [0.3, 0.4) is 0 Å². The summed E-state index contributed by atoms with van der Waals surface area (Å²) < 4.78 is 2.00. The Kier molecular flexibility index (Phi) is 4.02. The molecule has 1 aliphatic rings. The lowest BCUT2D eigenvalue weighted by Gasteiger charge is -2.22. The Bertz CT molecular complexity index is 821. The van der Waals surface area contributed by atoms with Crippen molar-refractivity contribution in [2.75, 3.05) is 13.1 Å². The minimum absolute atomic E-state index is 0.697. The van der Waals surface area contributed by atoms with Crippen molar-refractivity contribution in [3.63, 3.8) is 0 Å². The lowest BCUT2D eigenvalue weighted by molar-refractivity contribution is 0.370. The molecule has 0 atom stereocenters. The molecule has 1 aliphatic heterocycles. The summed E-state index contributed by atoms with van der Waals surface area (Å²) in [7, 11) is 0. The molecule has 0 saturated carbocycles. The average molecular weight is 327 g/mol. The molecule has 1 fully saturated rings. The van der Waals surface area contributed by atoms with Crippen molar-refractivity contribution < 1.29 is 0 Å². The summed E-state index contributed by atoms with van der Waals surface area (Å²) in [4.78, 5) is 9.30. The van der Waals surface area contributed by atoms with Gasteiger partial charge in [-0.2, -0.15) is 0 Å². The molecule has 4 rings (SSSR count). The lowest BCUT2D eigenvalue weighted by Crippen LogP contribution is -2.28. The molecule has 0 spiro atoms. The molecular formula is C18H19ClN4. The van der Waals surface area contributed by atoms with Crippen LogP contribution in [0.4, 0.5) is 0 Å². The van der Waals surface area contributed by atoms with Crippen LogP contribution in [0.1, 0.15) is 18.5 Å². The summed E-state index contributed by atoms with van der Waals surface area (Å²) in [5, 5.41) is 4.11. The molecule has 1 N–H and O–H groups in total. The summed E-state index contributed by atoms with van der Waals surface area (Å²) in [5.41, 5.74) is 3.97. The maximum atomic E-state index is 6.12. The van der Waals surface area contributed by atoms with E-state index in [0.717, 1.165) is 48.2 Å². The number of hydrogen-bond acceptors (Lipinski definition) is 3. The molecule has 0 unspecified atom stereocenters. The molecular weight excluding hydrogens is 308 g/mol. The first-order valence-corrected chi connectivity index (χ1v) is 8.47. The van der Waals surface area contributed by atoms with Crippen molar-refractivity contribution in [3.05, 3.63) is 53.4 Å². The second kappa shape index (κ2) is 6.30. The SMILES string of the molecule is Clc1ccc2ncc(-c3cccc(CC4CCNCC4)n3)n2c1. The highest BCUT2D eigenvalue weighted by atomic mass is 35.5. The molecule has 0 amide bonds. The van der Waals surface area contributed by atoms with Gasteiger partial charge in [-0.25, -0.2) is 4.98 Å². The van der Waals surface area contributed by atoms with Gasteiger partial charge >= 0.3 is 0 Å². The van der Waals surface area contributed by atoms with E-state index in [4.69, 9.17) is 16.6 Å². The first kappa shape index (κ1) is 14.7. The molecule has 0 radical (unpaired) electrons. The van der Waals surface area contributed by atoms with Gasteiger partial charge in [0.15, 0.2) is 0 Å². The summed E-state index contributed by atoms with van der Waals surface area (Å²) in [5.74, 6) is 0.732. The Balaban J connectivity index is 1.65. The normalized spacial score (nSPS) is 16.0. The Hall–Kier alpha value is -1.91. The Labute approximate surface area is 140 Å². The summed E-state index contributed by atoms with van der Waals surface area (Å²) in [6, 6.07) is 10.0. The summed E-state index contributed by atoms with van der Waals surface area (Å²) >= 11 is 6.12. The number of halogens is 1. The van der Waals surface area contributed by atoms with Gasteiger partial charge in [0.25, 0.3) is 0 Å². The predicted molar refractivity (Wildman–Crippen MR) is 92.7 cm³/mol.